The van der Waals surface area contributed by atoms with Gasteiger partial charge in [-0.25, -0.2) is 0 Å². The molecule has 2 saturated carbocycles. The van der Waals surface area contributed by atoms with Crippen molar-refractivity contribution in [2.45, 2.75) is 71.3 Å². The van der Waals surface area contributed by atoms with Crippen LogP contribution in [0.5, 0.6) is 0 Å². The predicted octanol–water partition coefficient (Wildman–Crippen LogP) is 2.49. The number of β-amino-alcohol motifs (C(OH)–C–C–N with tert-alkyl or cyclic N) is 1. The fourth-order valence-corrected chi connectivity index (χ4v) is 4.71. The van der Waals surface area contributed by atoms with Crippen LogP contribution in [0, 0.1) is 16.7 Å². The lowest BCUT2D eigenvalue weighted by atomic mass is 9.62. The molecule has 1 saturated heterocycles. The van der Waals surface area contributed by atoms with Crippen LogP contribution in [0.2, 0.25) is 0 Å². The first kappa shape index (κ1) is 15.0. The summed E-state index contributed by atoms with van der Waals surface area (Å²) in [7, 11) is 0. The van der Waals surface area contributed by atoms with Crippen LogP contribution in [-0.2, 0) is 9.59 Å². The van der Waals surface area contributed by atoms with Gasteiger partial charge in [0.2, 0.25) is 11.8 Å². The number of amides is 2. The van der Waals surface area contributed by atoms with Crippen molar-refractivity contribution < 1.29 is 14.7 Å². The Morgan fingerprint density at radius 2 is 1.71 bits per heavy atom. The van der Waals surface area contributed by atoms with Crippen molar-refractivity contribution in [2.75, 3.05) is 6.54 Å². The number of piperidine rings is 1. The van der Waals surface area contributed by atoms with E-state index in [-0.39, 0.29) is 29.7 Å². The average Bonchev–Trinajstić information content (AvgIpc) is 2.61. The maximum Gasteiger partial charge on any atom is 0.235 e. The lowest BCUT2D eigenvalue weighted by molar-refractivity contribution is -0.173. The molecule has 1 heterocycles. The quantitative estimate of drug-likeness (QED) is 0.796. The molecule has 0 spiro atoms. The van der Waals surface area contributed by atoms with Crippen LogP contribution in [0.3, 0.4) is 0 Å². The van der Waals surface area contributed by atoms with E-state index in [1.165, 1.54) is 4.90 Å². The number of hydrogen-bond acceptors (Lipinski definition) is 3. The molecule has 3 rings (SSSR count). The van der Waals surface area contributed by atoms with Gasteiger partial charge in [0.25, 0.3) is 0 Å². The van der Waals surface area contributed by atoms with Crippen LogP contribution >= 0.6 is 0 Å². The largest absolute Gasteiger partial charge is 0.388 e. The minimum Gasteiger partial charge on any atom is -0.388 e. The molecule has 0 aromatic carbocycles. The summed E-state index contributed by atoms with van der Waals surface area (Å²) in [5.74, 6) is -0.198. The Morgan fingerprint density at radius 3 is 2.33 bits per heavy atom. The fourth-order valence-electron chi connectivity index (χ4n) is 4.71. The molecule has 2 atom stereocenters. The highest BCUT2D eigenvalue weighted by atomic mass is 16.3. The summed E-state index contributed by atoms with van der Waals surface area (Å²) >= 11 is 0. The number of likely N-dealkylation sites (tertiary alicyclic amines) is 1. The van der Waals surface area contributed by atoms with E-state index >= 15 is 0 Å². The summed E-state index contributed by atoms with van der Waals surface area (Å²) in [6, 6.07) is 0. The van der Waals surface area contributed by atoms with Gasteiger partial charge in [-0.15, -0.1) is 0 Å². The maximum absolute atomic E-state index is 12.9. The van der Waals surface area contributed by atoms with Crippen LogP contribution in [0.15, 0.2) is 0 Å². The van der Waals surface area contributed by atoms with E-state index in [1.54, 1.807) is 0 Å². The molecule has 2 bridgehead atoms. The zero-order valence-electron chi connectivity index (χ0n) is 13.4. The van der Waals surface area contributed by atoms with Crippen molar-refractivity contribution in [3.63, 3.8) is 0 Å². The van der Waals surface area contributed by atoms with Crippen molar-refractivity contribution in [3.8, 4) is 0 Å². The lowest BCUT2D eigenvalue weighted by Gasteiger charge is -2.49. The van der Waals surface area contributed by atoms with Gasteiger partial charge < -0.3 is 5.11 Å². The van der Waals surface area contributed by atoms with E-state index in [1.807, 2.05) is 20.8 Å². The third-order valence-electron chi connectivity index (χ3n) is 6.74. The Balaban J connectivity index is 1.87. The summed E-state index contributed by atoms with van der Waals surface area (Å²) in [6.07, 6.45) is 6.09. The summed E-state index contributed by atoms with van der Waals surface area (Å²) in [6.45, 7) is 6.30. The van der Waals surface area contributed by atoms with Crippen LogP contribution in [-0.4, -0.2) is 34.0 Å². The van der Waals surface area contributed by atoms with Crippen molar-refractivity contribution >= 4 is 11.8 Å². The van der Waals surface area contributed by atoms with Crippen molar-refractivity contribution in [3.05, 3.63) is 0 Å². The van der Waals surface area contributed by atoms with Gasteiger partial charge >= 0.3 is 0 Å². The number of aliphatic hydroxyl groups is 1. The molecule has 4 nitrogen and oxygen atoms in total. The van der Waals surface area contributed by atoms with Gasteiger partial charge in [-0.1, -0.05) is 40.0 Å². The monoisotopic (exact) mass is 293 g/mol. The van der Waals surface area contributed by atoms with E-state index in [9.17, 15) is 14.7 Å². The third kappa shape index (κ3) is 1.98. The second kappa shape index (κ2) is 4.55. The summed E-state index contributed by atoms with van der Waals surface area (Å²) in [4.78, 5) is 27.1. The highest BCUT2D eigenvalue weighted by molar-refractivity contribution is 6.03. The van der Waals surface area contributed by atoms with Gasteiger partial charge in [-0.3, -0.25) is 14.5 Å². The normalized spacial score (nSPS) is 37.9. The highest BCUT2D eigenvalue weighted by Crippen LogP contribution is 2.60. The zero-order chi connectivity index (χ0) is 15.5. The second-order valence-electron chi connectivity index (χ2n) is 8.16. The SMILES string of the molecule is CC12CCC(C(=O)N(CC3(O)CCCCC3)C1=O)C2(C)C. The lowest BCUT2D eigenvalue weighted by Crippen LogP contribution is -2.62. The minimum absolute atomic E-state index is 0.0565. The van der Waals surface area contributed by atoms with E-state index in [2.05, 4.69) is 0 Å². The molecule has 0 radical (unpaired) electrons. The van der Waals surface area contributed by atoms with Crippen molar-refractivity contribution in [1.29, 1.82) is 0 Å². The molecule has 0 aromatic rings. The van der Waals surface area contributed by atoms with Crippen molar-refractivity contribution in [2.24, 2.45) is 16.7 Å². The molecule has 21 heavy (non-hydrogen) atoms. The number of nitrogens with zero attached hydrogens (tertiary/aromatic N) is 1. The number of carbonyl (C=O) groups is 2. The Hall–Kier alpha value is -0.900. The molecule has 2 aliphatic carbocycles. The predicted molar refractivity (Wildman–Crippen MR) is 79.4 cm³/mol. The van der Waals surface area contributed by atoms with Gasteiger partial charge in [-0.05, 0) is 31.1 Å². The standard InChI is InChI=1S/C17H27NO3/c1-15(2)12-7-10-16(15,3)14(20)18(13(12)19)11-17(21)8-5-4-6-9-17/h12,21H,4-11H2,1-3H3. The molecule has 3 fully saturated rings. The number of carbonyl (C=O) groups excluding carboxylic acids is 2. The Bertz CT molecular complexity index is 478. The second-order valence-corrected chi connectivity index (χ2v) is 8.16. The number of hydrogen-bond donors (Lipinski definition) is 1. The smallest absolute Gasteiger partial charge is 0.235 e. The van der Waals surface area contributed by atoms with Crippen LogP contribution in [0.1, 0.15) is 65.7 Å². The summed E-state index contributed by atoms with van der Waals surface area (Å²) in [5, 5.41) is 10.7. The zero-order valence-corrected chi connectivity index (χ0v) is 13.4. The number of rotatable bonds is 2. The van der Waals surface area contributed by atoms with E-state index in [0.29, 0.717) is 12.8 Å². The molecule has 0 aromatic heterocycles. The molecular formula is C17H27NO3. The molecule has 2 unspecified atom stereocenters. The van der Waals surface area contributed by atoms with Gasteiger partial charge in [0.15, 0.2) is 0 Å². The number of imide groups is 1. The van der Waals surface area contributed by atoms with Crippen LogP contribution in [0.25, 0.3) is 0 Å². The van der Waals surface area contributed by atoms with Crippen molar-refractivity contribution in [1.82, 2.24) is 4.90 Å². The molecule has 118 valence electrons. The van der Waals surface area contributed by atoms with E-state index < -0.39 is 11.0 Å². The first-order valence-corrected chi connectivity index (χ1v) is 8.30. The van der Waals surface area contributed by atoms with E-state index in [4.69, 9.17) is 0 Å². The number of fused-ring (bicyclic) bond motifs is 2. The minimum atomic E-state index is -0.860. The maximum atomic E-state index is 12.9. The molecule has 1 aliphatic heterocycles. The molecule has 2 amide bonds. The van der Waals surface area contributed by atoms with Gasteiger partial charge in [0.05, 0.1) is 17.6 Å². The first-order chi connectivity index (χ1) is 9.71. The Morgan fingerprint density at radius 1 is 1.10 bits per heavy atom. The first-order valence-electron chi connectivity index (χ1n) is 8.30. The highest BCUT2D eigenvalue weighted by Gasteiger charge is 2.64. The van der Waals surface area contributed by atoms with Gasteiger partial charge in [-0.2, -0.15) is 0 Å². The summed E-state index contributed by atoms with van der Waals surface area (Å²) < 4.78 is 0. The van der Waals surface area contributed by atoms with Crippen LogP contribution in [0.4, 0.5) is 0 Å². The van der Waals surface area contributed by atoms with E-state index in [0.717, 1.165) is 32.1 Å². The van der Waals surface area contributed by atoms with Crippen LogP contribution < -0.4 is 0 Å². The fraction of sp³-hybridized carbons (Fsp3) is 0.882. The molecule has 4 heteroatoms. The summed E-state index contributed by atoms with van der Waals surface area (Å²) in [5.41, 5.74) is -1.59. The topological polar surface area (TPSA) is 57.6 Å². The molecular weight excluding hydrogens is 266 g/mol. The third-order valence-corrected chi connectivity index (χ3v) is 6.74. The Labute approximate surface area is 126 Å². The Kier molecular flexibility index (Phi) is 3.25. The van der Waals surface area contributed by atoms with Gasteiger partial charge in [0, 0.05) is 5.92 Å². The molecule has 1 N–H and O–H groups in total. The molecule has 3 aliphatic rings. The van der Waals surface area contributed by atoms with Gasteiger partial charge in [0.1, 0.15) is 0 Å². The average molecular weight is 293 g/mol.